The molecule has 2 aromatic carbocycles. The van der Waals surface area contributed by atoms with Crippen LogP contribution in [0.15, 0.2) is 48.5 Å². The van der Waals surface area contributed by atoms with Crippen molar-refractivity contribution >= 4 is 40.5 Å². The molecule has 1 amide bonds. The standard InChI is InChI=1S/C17H17ClFN3OS/c18-14-10-13(6-7-15(14)19)21-17(24)22(9-8-16(20)23)11-12-4-2-1-3-5-12/h1-7,10H,8-9,11H2,(H2,20,23)(H,21,24). The first-order valence-electron chi connectivity index (χ1n) is 7.29. The molecule has 0 aliphatic heterocycles. The SMILES string of the molecule is NC(=O)CCN(Cc1ccccc1)C(=S)Nc1ccc(F)c(Cl)c1. The molecule has 3 N–H and O–H groups in total. The highest BCUT2D eigenvalue weighted by atomic mass is 35.5. The van der Waals surface area contributed by atoms with E-state index in [0.29, 0.717) is 23.9 Å². The molecule has 2 aromatic rings. The summed E-state index contributed by atoms with van der Waals surface area (Å²) >= 11 is 11.2. The Morgan fingerprint density at radius 1 is 1.25 bits per heavy atom. The first-order valence-corrected chi connectivity index (χ1v) is 8.07. The molecule has 0 aliphatic carbocycles. The van der Waals surface area contributed by atoms with Crippen molar-refractivity contribution in [3.05, 3.63) is 64.9 Å². The summed E-state index contributed by atoms with van der Waals surface area (Å²) in [6, 6.07) is 14.0. The Bertz CT molecular complexity index is 727. The topological polar surface area (TPSA) is 58.4 Å². The maximum absolute atomic E-state index is 13.2. The lowest BCUT2D eigenvalue weighted by Crippen LogP contribution is -2.36. The quantitative estimate of drug-likeness (QED) is 0.768. The third-order valence-electron chi connectivity index (χ3n) is 3.30. The summed E-state index contributed by atoms with van der Waals surface area (Å²) < 4.78 is 13.2. The monoisotopic (exact) mass is 365 g/mol. The number of nitrogens with zero attached hydrogens (tertiary/aromatic N) is 1. The molecular formula is C17H17ClFN3OS. The Balaban J connectivity index is 2.10. The van der Waals surface area contributed by atoms with Gasteiger partial charge in [-0.05, 0) is 36.0 Å². The number of nitrogens with two attached hydrogens (primary N) is 1. The van der Waals surface area contributed by atoms with E-state index in [9.17, 15) is 9.18 Å². The van der Waals surface area contributed by atoms with Gasteiger partial charge in [0.2, 0.25) is 5.91 Å². The summed E-state index contributed by atoms with van der Waals surface area (Å²) in [7, 11) is 0. The lowest BCUT2D eigenvalue weighted by molar-refractivity contribution is -0.118. The third-order valence-corrected chi connectivity index (χ3v) is 3.95. The second-order valence-electron chi connectivity index (χ2n) is 5.18. The van der Waals surface area contributed by atoms with Gasteiger partial charge in [0, 0.05) is 25.2 Å². The number of hydrogen-bond acceptors (Lipinski definition) is 2. The van der Waals surface area contributed by atoms with Crippen LogP contribution in [0.5, 0.6) is 0 Å². The minimum atomic E-state index is -0.497. The van der Waals surface area contributed by atoms with Crippen LogP contribution in [0, 0.1) is 5.82 Å². The summed E-state index contributed by atoms with van der Waals surface area (Å²) in [5, 5.41) is 3.42. The van der Waals surface area contributed by atoms with E-state index < -0.39 is 11.7 Å². The number of carbonyl (C=O) groups is 1. The molecule has 0 bridgehead atoms. The highest BCUT2D eigenvalue weighted by molar-refractivity contribution is 7.80. The number of carbonyl (C=O) groups excluding carboxylic acids is 1. The maximum Gasteiger partial charge on any atom is 0.219 e. The van der Waals surface area contributed by atoms with Gasteiger partial charge in [-0.25, -0.2) is 4.39 Å². The van der Waals surface area contributed by atoms with Crippen LogP contribution >= 0.6 is 23.8 Å². The normalized spacial score (nSPS) is 10.2. The van der Waals surface area contributed by atoms with Gasteiger partial charge >= 0.3 is 0 Å². The lowest BCUT2D eigenvalue weighted by Gasteiger charge is -2.25. The average Bonchev–Trinajstić information content (AvgIpc) is 2.55. The van der Waals surface area contributed by atoms with E-state index in [-0.39, 0.29) is 11.4 Å². The molecule has 0 radical (unpaired) electrons. The molecule has 7 heteroatoms. The number of hydrogen-bond donors (Lipinski definition) is 2. The van der Waals surface area contributed by atoms with E-state index in [4.69, 9.17) is 29.6 Å². The molecule has 4 nitrogen and oxygen atoms in total. The zero-order valence-corrected chi connectivity index (χ0v) is 14.4. The van der Waals surface area contributed by atoms with Crippen LogP contribution < -0.4 is 11.1 Å². The summed E-state index contributed by atoms with van der Waals surface area (Å²) in [6.45, 7) is 0.903. The van der Waals surface area contributed by atoms with Crippen molar-refractivity contribution in [2.45, 2.75) is 13.0 Å². The van der Waals surface area contributed by atoms with Gasteiger partial charge in [0.15, 0.2) is 5.11 Å². The second-order valence-corrected chi connectivity index (χ2v) is 5.98. The molecule has 0 atom stereocenters. The molecule has 0 saturated carbocycles. The van der Waals surface area contributed by atoms with Crippen molar-refractivity contribution in [3.63, 3.8) is 0 Å². The molecule has 0 spiro atoms. The predicted molar refractivity (Wildman–Crippen MR) is 98.3 cm³/mol. The third kappa shape index (κ3) is 5.47. The number of rotatable bonds is 6. The highest BCUT2D eigenvalue weighted by Gasteiger charge is 2.12. The Kier molecular flexibility index (Phi) is 6.52. The van der Waals surface area contributed by atoms with Gasteiger partial charge in [-0.2, -0.15) is 0 Å². The summed E-state index contributed by atoms with van der Waals surface area (Å²) in [5.74, 6) is -0.899. The first-order chi connectivity index (χ1) is 11.5. The summed E-state index contributed by atoms with van der Waals surface area (Å²) in [5.41, 5.74) is 6.85. The molecule has 0 aromatic heterocycles. The number of benzene rings is 2. The van der Waals surface area contributed by atoms with E-state index in [1.54, 1.807) is 6.07 Å². The van der Waals surface area contributed by atoms with Crippen LogP contribution in [0.1, 0.15) is 12.0 Å². The fraction of sp³-hybridized carbons (Fsp3) is 0.176. The number of amides is 1. The van der Waals surface area contributed by atoms with Crippen molar-refractivity contribution in [1.29, 1.82) is 0 Å². The van der Waals surface area contributed by atoms with Crippen LogP contribution in [-0.4, -0.2) is 22.5 Å². The summed E-state index contributed by atoms with van der Waals surface area (Å²) in [4.78, 5) is 12.9. The minimum absolute atomic E-state index is 0.00884. The fourth-order valence-electron chi connectivity index (χ4n) is 2.08. The molecule has 126 valence electrons. The minimum Gasteiger partial charge on any atom is -0.370 e. The van der Waals surface area contributed by atoms with Gasteiger partial charge in [-0.3, -0.25) is 4.79 Å². The zero-order chi connectivity index (χ0) is 17.5. The summed E-state index contributed by atoms with van der Waals surface area (Å²) in [6.07, 6.45) is 0.179. The van der Waals surface area contributed by atoms with Crippen LogP contribution in [-0.2, 0) is 11.3 Å². The van der Waals surface area contributed by atoms with E-state index in [1.807, 2.05) is 35.2 Å². The van der Waals surface area contributed by atoms with E-state index in [0.717, 1.165) is 5.56 Å². The van der Waals surface area contributed by atoms with Crippen molar-refractivity contribution in [2.75, 3.05) is 11.9 Å². The number of nitrogens with one attached hydrogen (secondary N) is 1. The van der Waals surface area contributed by atoms with Gasteiger partial charge in [0.05, 0.1) is 5.02 Å². The van der Waals surface area contributed by atoms with E-state index in [2.05, 4.69) is 5.32 Å². The van der Waals surface area contributed by atoms with Crippen LogP contribution in [0.3, 0.4) is 0 Å². The second kappa shape index (κ2) is 8.61. The highest BCUT2D eigenvalue weighted by Crippen LogP contribution is 2.20. The van der Waals surface area contributed by atoms with Crippen LogP contribution in [0.4, 0.5) is 10.1 Å². The number of thiocarbonyl (C=S) groups is 1. The molecule has 0 unspecified atom stereocenters. The van der Waals surface area contributed by atoms with Gasteiger partial charge in [0.1, 0.15) is 5.82 Å². The van der Waals surface area contributed by atoms with Crippen molar-refractivity contribution in [3.8, 4) is 0 Å². The molecule has 2 rings (SSSR count). The smallest absolute Gasteiger partial charge is 0.219 e. The van der Waals surface area contributed by atoms with Gasteiger partial charge < -0.3 is 16.0 Å². The molecule has 0 saturated heterocycles. The molecular weight excluding hydrogens is 349 g/mol. The number of primary amides is 1. The van der Waals surface area contributed by atoms with Crippen molar-refractivity contribution in [2.24, 2.45) is 5.73 Å². The van der Waals surface area contributed by atoms with Crippen LogP contribution in [0.2, 0.25) is 5.02 Å². The van der Waals surface area contributed by atoms with Gasteiger partial charge in [-0.1, -0.05) is 41.9 Å². The molecule has 0 aliphatic rings. The van der Waals surface area contributed by atoms with Crippen LogP contribution in [0.25, 0.3) is 0 Å². The zero-order valence-electron chi connectivity index (χ0n) is 12.8. The van der Waals surface area contributed by atoms with Crippen molar-refractivity contribution < 1.29 is 9.18 Å². The molecule has 24 heavy (non-hydrogen) atoms. The Hall–Kier alpha value is -2.18. The number of halogens is 2. The lowest BCUT2D eigenvalue weighted by atomic mass is 10.2. The Morgan fingerprint density at radius 2 is 1.96 bits per heavy atom. The Morgan fingerprint density at radius 3 is 2.58 bits per heavy atom. The average molecular weight is 366 g/mol. The van der Waals surface area contributed by atoms with E-state index >= 15 is 0 Å². The van der Waals surface area contributed by atoms with Gasteiger partial charge in [-0.15, -0.1) is 0 Å². The largest absolute Gasteiger partial charge is 0.370 e. The maximum atomic E-state index is 13.2. The number of anilines is 1. The molecule has 0 fully saturated rings. The first kappa shape index (κ1) is 18.2. The Labute approximate surface area is 150 Å². The molecule has 0 heterocycles. The van der Waals surface area contributed by atoms with Gasteiger partial charge in [0.25, 0.3) is 0 Å². The fourth-order valence-corrected chi connectivity index (χ4v) is 2.53. The predicted octanol–water partition coefficient (Wildman–Crippen LogP) is 3.55. The van der Waals surface area contributed by atoms with Crippen molar-refractivity contribution in [1.82, 2.24) is 4.90 Å². The van der Waals surface area contributed by atoms with E-state index in [1.165, 1.54) is 12.1 Å².